The number of alkyl carbamates (subject to hydrolysis) is 1. The van der Waals surface area contributed by atoms with Crippen LogP contribution in [-0.4, -0.2) is 50.2 Å². The standard InChI is InChI=1S/C11H19NO6S/c1-10(2,3)18-9(14)12-11(8(13)17-4)5-6-19(15,16)7-11/h5-7H2,1-4H3,(H,12,14). The second-order valence-electron chi connectivity index (χ2n) is 5.54. The molecule has 0 aliphatic carbocycles. The Bertz CT molecular complexity index is 478. The first-order chi connectivity index (χ1) is 8.50. The second-order valence-corrected chi connectivity index (χ2v) is 7.73. The van der Waals surface area contributed by atoms with E-state index in [1.165, 1.54) is 0 Å². The number of nitrogens with one attached hydrogen (secondary N) is 1. The SMILES string of the molecule is COC(=O)C1(NC(=O)OC(C)(C)C)CCS(=O)(=O)C1. The first-order valence-corrected chi connectivity index (χ1v) is 7.62. The van der Waals surface area contributed by atoms with E-state index in [2.05, 4.69) is 10.1 Å². The van der Waals surface area contributed by atoms with Crippen LogP contribution in [0.4, 0.5) is 4.79 Å². The van der Waals surface area contributed by atoms with Gasteiger partial charge in [0.25, 0.3) is 0 Å². The molecule has 1 aliphatic heterocycles. The minimum absolute atomic E-state index is 0.0126. The number of rotatable bonds is 2. The molecule has 0 bridgehead atoms. The molecule has 1 aliphatic rings. The molecule has 1 N–H and O–H groups in total. The van der Waals surface area contributed by atoms with Gasteiger partial charge in [-0.25, -0.2) is 18.0 Å². The van der Waals surface area contributed by atoms with E-state index in [1.54, 1.807) is 20.8 Å². The number of amides is 1. The summed E-state index contributed by atoms with van der Waals surface area (Å²) in [5, 5.41) is 2.34. The lowest BCUT2D eigenvalue weighted by Gasteiger charge is -2.28. The van der Waals surface area contributed by atoms with Gasteiger partial charge in [0.15, 0.2) is 15.4 Å². The first-order valence-electron chi connectivity index (χ1n) is 5.80. The summed E-state index contributed by atoms with van der Waals surface area (Å²) in [6.45, 7) is 5.01. The zero-order valence-corrected chi connectivity index (χ0v) is 12.3. The Morgan fingerprint density at radius 1 is 1.26 bits per heavy atom. The van der Waals surface area contributed by atoms with Gasteiger partial charge in [-0.1, -0.05) is 0 Å². The van der Waals surface area contributed by atoms with Crippen molar-refractivity contribution in [3.8, 4) is 0 Å². The Balaban J connectivity index is 2.90. The molecule has 1 saturated heterocycles. The molecule has 0 aromatic heterocycles. The van der Waals surface area contributed by atoms with Crippen LogP contribution < -0.4 is 5.32 Å². The lowest BCUT2D eigenvalue weighted by molar-refractivity contribution is -0.147. The van der Waals surface area contributed by atoms with Crippen LogP contribution in [0.25, 0.3) is 0 Å². The van der Waals surface area contributed by atoms with E-state index in [9.17, 15) is 18.0 Å². The van der Waals surface area contributed by atoms with E-state index in [0.717, 1.165) is 7.11 Å². The lowest BCUT2D eigenvalue weighted by Crippen LogP contribution is -2.57. The highest BCUT2D eigenvalue weighted by molar-refractivity contribution is 7.91. The van der Waals surface area contributed by atoms with Crippen LogP contribution in [0.5, 0.6) is 0 Å². The van der Waals surface area contributed by atoms with E-state index < -0.39 is 38.8 Å². The molecule has 1 amide bonds. The Morgan fingerprint density at radius 2 is 1.84 bits per heavy atom. The predicted molar refractivity (Wildman–Crippen MR) is 67.4 cm³/mol. The summed E-state index contributed by atoms with van der Waals surface area (Å²) in [5.41, 5.74) is -2.28. The van der Waals surface area contributed by atoms with Crippen LogP contribution >= 0.6 is 0 Å². The van der Waals surface area contributed by atoms with Crippen molar-refractivity contribution in [2.75, 3.05) is 18.6 Å². The van der Waals surface area contributed by atoms with Crippen molar-refractivity contribution in [3.05, 3.63) is 0 Å². The fourth-order valence-corrected chi connectivity index (χ4v) is 3.74. The van der Waals surface area contributed by atoms with Gasteiger partial charge in [0.2, 0.25) is 0 Å². The Labute approximate surface area is 112 Å². The topological polar surface area (TPSA) is 98.8 Å². The van der Waals surface area contributed by atoms with Gasteiger partial charge in [-0.05, 0) is 27.2 Å². The van der Waals surface area contributed by atoms with E-state index >= 15 is 0 Å². The Kier molecular flexibility index (Phi) is 4.14. The maximum absolute atomic E-state index is 11.8. The van der Waals surface area contributed by atoms with Gasteiger partial charge in [-0.2, -0.15) is 0 Å². The van der Waals surface area contributed by atoms with Gasteiger partial charge < -0.3 is 14.8 Å². The number of esters is 1. The summed E-state index contributed by atoms with van der Waals surface area (Å²) in [5.74, 6) is -1.41. The molecule has 1 unspecified atom stereocenters. The maximum atomic E-state index is 11.8. The minimum atomic E-state index is -3.37. The Hall–Kier alpha value is -1.31. The van der Waals surface area contributed by atoms with Gasteiger partial charge in [0.1, 0.15) is 5.60 Å². The van der Waals surface area contributed by atoms with Crippen molar-refractivity contribution in [2.24, 2.45) is 0 Å². The van der Waals surface area contributed by atoms with Crippen molar-refractivity contribution >= 4 is 21.9 Å². The summed E-state index contributed by atoms with van der Waals surface area (Å²) in [7, 11) is -2.22. The van der Waals surface area contributed by atoms with Crippen molar-refractivity contribution in [3.63, 3.8) is 0 Å². The molecule has 19 heavy (non-hydrogen) atoms. The average molecular weight is 293 g/mol. The monoisotopic (exact) mass is 293 g/mol. The van der Waals surface area contributed by atoms with Crippen molar-refractivity contribution in [2.45, 2.75) is 38.3 Å². The molecule has 8 heteroatoms. The number of hydrogen-bond donors (Lipinski definition) is 1. The van der Waals surface area contributed by atoms with Crippen LogP contribution in [-0.2, 0) is 24.1 Å². The van der Waals surface area contributed by atoms with Crippen LogP contribution in [0.15, 0.2) is 0 Å². The third-order valence-electron chi connectivity index (χ3n) is 2.62. The van der Waals surface area contributed by atoms with Crippen molar-refractivity contribution in [1.82, 2.24) is 5.32 Å². The molecule has 110 valence electrons. The summed E-state index contributed by atoms with van der Waals surface area (Å²) in [6, 6.07) is 0. The van der Waals surface area contributed by atoms with Crippen LogP contribution in [0.3, 0.4) is 0 Å². The fraction of sp³-hybridized carbons (Fsp3) is 0.818. The molecule has 0 aromatic carbocycles. The zero-order valence-electron chi connectivity index (χ0n) is 11.5. The first kappa shape index (κ1) is 15.7. The number of sulfone groups is 1. The summed E-state index contributed by atoms with van der Waals surface area (Å²) >= 11 is 0. The van der Waals surface area contributed by atoms with Gasteiger partial charge >= 0.3 is 12.1 Å². The lowest BCUT2D eigenvalue weighted by atomic mass is 10.00. The third kappa shape index (κ3) is 4.09. The zero-order chi connectivity index (χ0) is 14.9. The molecule has 7 nitrogen and oxygen atoms in total. The molecule has 0 aromatic rings. The number of methoxy groups -OCH3 is 1. The van der Waals surface area contributed by atoms with Crippen LogP contribution in [0, 0.1) is 0 Å². The minimum Gasteiger partial charge on any atom is -0.467 e. The van der Waals surface area contributed by atoms with E-state index in [4.69, 9.17) is 4.74 Å². The highest BCUT2D eigenvalue weighted by Crippen LogP contribution is 2.25. The molecule has 0 spiro atoms. The largest absolute Gasteiger partial charge is 0.467 e. The number of hydrogen-bond acceptors (Lipinski definition) is 6. The summed E-state index contributed by atoms with van der Waals surface area (Å²) in [6.07, 6.45) is -0.851. The smallest absolute Gasteiger partial charge is 0.408 e. The van der Waals surface area contributed by atoms with Crippen molar-refractivity contribution < 1.29 is 27.5 Å². The van der Waals surface area contributed by atoms with Crippen LogP contribution in [0.1, 0.15) is 27.2 Å². The number of ether oxygens (including phenoxy) is 2. The number of carbonyl (C=O) groups is 2. The van der Waals surface area contributed by atoms with Gasteiger partial charge in [0.05, 0.1) is 18.6 Å². The van der Waals surface area contributed by atoms with Gasteiger partial charge in [-0.3, -0.25) is 0 Å². The van der Waals surface area contributed by atoms with E-state index in [0.29, 0.717) is 0 Å². The predicted octanol–water partition coefficient (Wildman–Crippen LogP) is 0.241. The normalized spacial score (nSPS) is 25.7. The highest BCUT2D eigenvalue weighted by atomic mass is 32.2. The molecule has 1 heterocycles. The molecule has 1 rings (SSSR count). The van der Waals surface area contributed by atoms with Gasteiger partial charge in [0, 0.05) is 0 Å². The molecular formula is C11H19NO6S. The van der Waals surface area contributed by atoms with E-state index in [-0.39, 0.29) is 12.2 Å². The molecule has 0 saturated carbocycles. The Morgan fingerprint density at radius 3 is 2.21 bits per heavy atom. The maximum Gasteiger partial charge on any atom is 0.408 e. The van der Waals surface area contributed by atoms with Gasteiger partial charge in [-0.15, -0.1) is 0 Å². The summed E-state index contributed by atoms with van der Waals surface area (Å²) < 4.78 is 32.7. The molecule has 1 atom stereocenters. The highest BCUT2D eigenvalue weighted by Gasteiger charge is 2.51. The number of carbonyl (C=O) groups excluding carboxylic acids is 2. The van der Waals surface area contributed by atoms with E-state index in [1.807, 2.05) is 0 Å². The molecule has 0 radical (unpaired) electrons. The quantitative estimate of drug-likeness (QED) is 0.732. The second kappa shape index (κ2) is 4.99. The van der Waals surface area contributed by atoms with Crippen molar-refractivity contribution in [1.29, 1.82) is 0 Å². The summed E-state index contributed by atoms with van der Waals surface area (Å²) in [4.78, 5) is 23.5. The van der Waals surface area contributed by atoms with Crippen LogP contribution in [0.2, 0.25) is 0 Å². The average Bonchev–Trinajstić information content (AvgIpc) is 2.51. The third-order valence-corrected chi connectivity index (χ3v) is 4.38. The molecular weight excluding hydrogens is 274 g/mol. The fourth-order valence-electron chi connectivity index (χ4n) is 1.85. The molecule has 1 fully saturated rings.